The van der Waals surface area contributed by atoms with Gasteiger partial charge in [-0.25, -0.2) is 9.97 Å². The molecule has 8 rings (SSSR count). The van der Waals surface area contributed by atoms with Crippen LogP contribution in [0.3, 0.4) is 0 Å². The van der Waals surface area contributed by atoms with Gasteiger partial charge in [-0.3, -0.25) is 4.79 Å². The third-order valence-corrected chi connectivity index (χ3v) is 9.94. The van der Waals surface area contributed by atoms with E-state index in [4.69, 9.17) is 9.72 Å². The van der Waals surface area contributed by atoms with Gasteiger partial charge < -0.3 is 10.1 Å². The summed E-state index contributed by atoms with van der Waals surface area (Å²) in [6.45, 7) is 2.02. The summed E-state index contributed by atoms with van der Waals surface area (Å²) >= 11 is 1.44. The van der Waals surface area contributed by atoms with E-state index in [2.05, 4.69) is 64.9 Å². The van der Waals surface area contributed by atoms with Crippen molar-refractivity contribution in [3.8, 4) is 23.1 Å². The Morgan fingerprint density at radius 2 is 1.95 bits per heavy atom. The molecule has 0 spiro atoms. The number of nitrogens with one attached hydrogen (secondary N) is 1. The predicted octanol–water partition coefficient (Wildman–Crippen LogP) is 7.36. The number of hydrogen-bond acceptors (Lipinski definition) is 6. The van der Waals surface area contributed by atoms with Crippen LogP contribution >= 0.6 is 11.3 Å². The van der Waals surface area contributed by atoms with Gasteiger partial charge in [-0.05, 0) is 65.7 Å². The lowest BCUT2D eigenvalue weighted by atomic mass is 9.46. The molecule has 2 aromatic carbocycles. The normalized spacial score (nSPS) is 23.6. The largest absolute Gasteiger partial charge is 0.481 e. The number of ether oxygens (including phenoxy) is 1. The van der Waals surface area contributed by atoms with E-state index in [9.17, 15) is 10.1 Å². The summed E-state index contributed by atoms with van der Waals surface area (Å²) in [6.07, 6.45) is 9.09. The minimum atomic E-state index is -0.778. The molecule has 208 valence electrons. The Balaban J connectivity index is 1.11. The van der Waals surface area contributed by atoms with Gasteiger partial charge in [0, 0.05) is 35.5 Å². The molecule has 0 saturated heterocycles. The zero-order valence-electron chi connectivity index (χ0n) is 23.6. The van der Waals surface area contributed by atoms with E-state index in [-0.39, 0.29) is 11.8 Å². The molecule has 2 aromatic heterocycles. The number of methoxy groups -OCH3 is 1. The van der Waals surface area contributed by atoms with Crippen LogP contribution in [0.15, 0.2) is 95.5 Å². The number of amides is 1. The highest BCUT2D eigenvalue weighted by Gasteiger charge is 2.61. The topological polar surface area (TPSA) is 87.9 Å². The summed E-state index contributed by atoms with van der Waals surface area (Å²) in [5, 5.41) is 16.4. The summed E-state index contributed by atoms with van der Waals surface area (Å²) in [5.74, 6) is 0.425. The van der Waals surface area contributed by atoms with Crippen LogP contribution in [0, 0.1) is 16.7 Å². The summed E-state index contributed by atoms with van der Waals surface area (Å²) in [7, 11) is 1.61. The summed E-state index contributed by atoms with van der Waals surface area (Å²) in [5.41, 5.74) is 7.12. The minimum Gasteiger partial charge on any atom is -0.481 e. The van der Waals surface area contributed by atoms with Crippen molar-refractivity contribution >= 4 is 22.4 Å². The van der Waals surface area contributed by atoms with Crippen molar-refractivity contribution in [2.45, 2.75) is 43.9 Å². The second-order valence-electron chi connectivity index (χ2n) is 11.6. The number of rotatable bonds is 6. The Hall–Kier alpha value is -4.54. The van der Waals surface area contributed by atoms with Crippen LogP contribution < -0.4 is 10.1 Å². The van der Waals surface area contributed by atoms with Crippen molar-refractivity contribution in [3.05, 3.63) is 118 Å². The van der Waals surface area contributed by atoms with Gasteiger partial charge in [0.05, 0.1) is 24.3 Å². The van der Waals surface area contributed by atoms with Gasteiger partial charge >= 0.3 is 0 Å². The Labute approximate surface area is 249 Å². The monoisotopic (exact) mass is 570 g/mol. The third kappa shape index (κ3) is 4.09. The van der Waals surface area contributed by atoms with Crippen molar-refractivity contribution in [1.29, 1.82) is 5.26 Å². The number of benzene rings is 2. The number of carbonyl (C=O) groups excluding carboxylic acids is 1. The molecular formula is C35H30N4O2S. The first-order valence-corrected chi connectivity index (χ1v) is 15.1. The molecule has 3 atom stereocenters. The second-order valence-corrected chi connectivity index (χ2v) is 12.4. The molecule has 4 aromatic rings. The van der Waals surface area contributed by atoms with E-state index in [1.54, 1.807) is 13.3 Å². The fraction of sp³-hybridized carbons (Fsp3) is 0.257. The maximum Gasteiger partial charge on any atom is 0.233 e. The van der Waals surface area contributed by atoms with Gasteiger partial charge in [0.15, 0.2) is 5.13 Å². The number of aromatic nitrogens is 2. The van der Waals surface area contributed by atoms with E-state index in [1.165, 1.54) is 16.9 Å². The van der Waals surface area contributed by atoms with Crippen LogP contribution in [0.4, 0.5) is 5.13 Å². The van der Waals surface area contributed by atoms with E-state index >= 15 is 0 Å². The van der Waals surface area contributed by atoms with Crippen molar-refractivity contribution in [2.75, 3.05) is 12.4 Å². The molecule has 7 heteroatoms. The first-order chi connectivity index (χ1) is 20.4. The number of pyridine rings is 1. The summed E-state index contributed by atoms with van der Waals surface area (Å²) in [6, 6.07) is 23.1. The molecule has 3 unspecified atom stereocenters. The number of thiazole rings is 1. The van der Waals surface area contributed by atoms with E-state index in [0.29, 0.717) is 23.9 Å². The molecule has 1 amide bonds. The molecular weight excluding hydrogens is 540 g/mol. The maximum absolute atomic E-state index is 14.1. The Kier molecular flexibility index (Phi) is 6.32. The highest BCUT2D eigenvalue weighted by Crippen LogP contribution is 2.65. The number of fused-ring (bicyclic) bond motifs is 1. The predicted molar refractivity (Wildman–Crippen MR) is 164 cm³/mol. The van der Waals surface area contributed by atoms with Crippen molar-refractivity contribution < 1.29 is 9.53 Å². The van der Waals surface area contributed by atoms with Crippen LogP contribution in [0.25, 0.3) is 11.1 Å². The molecule has 0 saturated carbocycles. The summed E-state index contributed by atoms with van der Waals surface area (Å²) in [4.78, 5) is 23.2. The van der Waals surface area contributed by atoms with Gasteiger partial charge in [-0.15, -0.1) is 11.3 Å². The molecule has 6 nitrogen and oxygen atoms in total. The van der Waals surface area contributed by atoms with E-state index in [0.717, 1.165) is 51.9 Å². The molecule has 0 aliphatic heterocycles. The highest BCUT2D eigenvalue weighted by atomic mass is 32.1. The third-order valence-electron chi connectivity index (χ3n) is 9.13. The molecule has 42 heavy (non-hydrogen) atoms. The molecule has 4 aliphatic carbocycles. The number of nitriles is 1. The average Bonchev–Trinajstić information content (AvgIpc) is 3.48. The van der Waals surface area contributed by atoms with Gasteiger partial charge in [0.1, 0.15) is 5.41 Å². The highest BCUT2D eigenvalue weighted by molar-refractivity contribution is 7.13. The lowest BCUT2D eigenvalue weighted by Crippen LogP contribution is -2.54. The molecule has 1 N–H and O–H groups in total. The zero-order chi connectivity index (χ0) is 28.9. The number of anilines is 1. The van der Waals surface area contributed by atoms with Crippen molar-refractivity contribution in [3.63, 3.8) is 0 Å². The second kappa shape index (κ2) is 10.1. The van der Waals surface area contributed by atoms with Gasteiger partial charge in [-0.1, -0.05) is 60.7 Å². The molecule has 0 radical (unpaired) electrons. The number of nitrogens with zero attached hydrogens (tertiary/aromatic N) is 3. The van der Waals surface area contributed by atoms with Crippen LogP contribution in [0.2, 0.25) is 0 Å². The van der Waals surface area contributed by atoms with Crippen LogP contribution in [0.1, 0.15) is 54.5 Å². The van der Waals surface area contributed by atoms with Gasteiger partial charge in [-0.2, -0.15) is 5.26 Å². The number of carbonyl (C=O) groups is 1. The maximum atomic E-state index is 14.1. The molecule has 0 fully saturated rings. The molecule has 2 heterocycles. The van der Waals surface area contributed by atoms with Crippen molar-refractivity contribution in [2.24, 2.45) is 5.41 Å². The van der Waals surface area contributed by atoms with Crippen LogP contribution in [-0.4, -0.2) is 23.0 Å². The van der Waals surface area contributed by atoms with Crippen LogP contribution in [-0.2, 0) is 16.6 Å². The average molecular weight is 571 g/mol. The first kappa shape index (κ1) is 26.4. The Morgan fingerprint density at radius 3 is 2.71 bits per heavy atom. The number of hydrogen-bond donors (Lipinski definition) is 1. The first-order valence-electron chi connectivity index (χ1n) is 14.2. The zero-order valence-corrected chi connectivity index (χ0v) is 24.4. The summed E-state index contributed by atoms with van der Waals surface area (Å²) < 4.78 is 5.15. The standard InChI is InChI=1S/C35H30N4O2S/c1-34(20-35(21-36)28-9-5-3-7-26(28)31(34)27-8-4-6-10-29(27)35)32(40)39-33-38-25(19-42-33)17-22-11-13-23(14-12-22)24-15-16-30(41-2)37-18-24/h3-5,7-9,11-16,18-19,31H,6,10,17,20H2,1-2H3,(H,38,39,40). The lowest BCUT2D eigenvalue weighted by Gasteiger charge is -2.55. The fourth-order valence-corrected chi connectivity index (χ4v) is 7.89. The molecule has 2 bridgehead atoms. The van der Waals surface area contributed by atoms with E-state index < -0.39 is 10.8 Å². The minimum absolute atomic E-state index is 0.0782. The van der Waals surface area contributed by atoms with Crippen LogP contribution in [0.5, 0.6) is 5.88 Å². The van der Waals surface area contributed by atoms with E-state index in [1.807, 2.05) is 36.6 Å². The Bertz CT molecular complexity index is 1800. The molecule has 4 aliphatic rings. The van der Waals surface area contributed by atoms with Crippen molar-refractivity contribution in [1.82, 2.24) is 9.97 Å². The number of allylic oxidation sites excluding steroid dienone is 4. The smallest absolute Gasteiger partial charge is 0.233 e. The Morgan fingerprint density at radius 1 is 1.14 bits per heavy atom. The lowest BCUT2D eigenvalue weighted by molar-refractivity contribution is -0.127. The SMILES string of the molecule is COc1ccc(-c2ccc(Cc3csc(NC(=O)C4(C)CC5(C#N)C6=C(C=CCC6)C4c4ccccc45)n3)cc2)cn1. The van der Waals surface area contributed by atoms with Gasteiger partial charge in [0.25, 0.3) is 0 Å². The quantitative estimate of drug-likeness (QED) is 0.262. The van der Waals surface area contributed by atoms with Gasteiger partial charge in [0.2, 0.25) is 11.8 Å². The fourth-order valence-electron chi connectivity index (χ4n) is 7.18.